The summed E-state index contributed by atoms with van der Waals surface area (Å²) >= 11 is 5.97. The molecule has 0 aliphatic rings. The van der Waals surface area contributed by atoms with Gasteiger partial charge in [0.15, 0.2) is 5.03 Å². The van der Waals surface area contributed by atoms with Crippen molar-refractivity contribution >= 4 is 23.5 Å². The number of nitrogens with zero attached hydrogens (tertiary/aromatic N) is 2. The molecule has 2 atom stereocenters. The molecule has 122 valence electrons. The van der Waals surface area contributed by atoms with Crippen molar-refractivity contribution in [3.8, 4) is 0 Å². The number of rotatable bonds is 9. The molecule has 0 bridgehead atoms. The van der Waals surface area contributed by atoms with Crippen LogP contribution in [0.1, 0.15) is 33.1 Å². The summed E-state index contributed by atoms with van der Waals surface area (Å²) in [4.78, 5) is 25.5. The van der Waals surface area contributed by atoms with Crippen LogP contribution in [0.4, 0.5) is 0 Å². The van der Waals surface area contributed by atoms with Gasteiger partial charge in [0.25, 0.3) is 5.96 Å². The Morgan fingerprint density at radius 2 is 2.10 bits per heavy atom. The number of nitrogens with two attached hydrogens (primary N) is 2. The van der Waals surface area contributed by atoms with Gasteiger partial charge in [-0.2, -0.15) is 0 Å². The fraction of sp³-hybridized carbons (Fsp3) is 0.818. The van der Waals surface area contributed by atoms with Crippen molar-refractivity contribution in [1.29, 1.82) is 0 Å². The Morgan fingerprint density at radius 3 is 2.62 bits per heavy atom. The predicted octanol–water partition coefficient (Wildman–Crippen LogP) is -0.0829. The van der Waals surface area contributed by atoms with E-state index in [0.717, 1.165) is 0 Å². The van der Waals surface area contributed by atoms with Crippen LogP contribution in [0.15, 0.2) is 4.99 Å². The molecule has 0 aromatic rings. The number of amides is 1. The SMILES string of the molecule is CC(C)C[C@@H](Cl)NC(=O)[C@@H](N)CCCN=C(N)N[N+](=O)[O-]. The molecule has 0 heterocycles. The minimum Gasteiger partial charge on any atom is -0.365 e. The van der Waals surface area contributed by atoms with Crippen LogP contribution in [0.25, 0.3) is 0 Å². The van der Waals surface area contributed by atoms with Crippen molar-refractivity contribution in [2.24, 2.45) is 22.4 Å². The highest BCUT2D eigenvalue weighted by Gasteiger charge is 2.17. The Hall–Kier alpha value is -1.61. The highest BCUT2D eigenvalue weighted by Crippen LogP contribution is 2.08. The lowest BCUT2D eigenvalue weighted by Gasteiger charge is -2.17. The van der Waals surface area contributed by atoms with Crippen LogP contribution in [0.3, 0.4) is 0 Å². The lowest BCUT2D eigenvalue weighted by molar-refractivity contribution is -0.525. The highest BCUT2D eigenvalue weighted by molar-refractivity contribution is 6.21. The molecule has 0 fully saturated rings. The number of carbonyl (C=O) groups excluding carboxylic acids is 1. The number of nitro groups is 1. The first-order chi connectivity index (χ1) is 9.72. The average Bonchev–Trinajstić information content (AvgIpc) is 2.32. The van der Waals surface area contributed by atoms with Crippen LogP contribution in [-0.2, 0) is 4.79 Å². The molecule has 0 radical (unpaired) electrons. The fourth-order valence-corrected chi connectivity index (χ4v) is 1.97. The third kappa shape index (κ3) is 10.8. The highest BCUT2D eigenvalue weighted by atomic mass is 35.5. The maximum atomic E-state index is 11.7. The maximum Gasteiger partial charge on any atom is 0.251 e. The van der Waals surface area contributed by atoms with Crippen molar-refractivity contribution in [3.63, 3.8) is 0 Å². The molecular weight excluding hydrogens is 300 g/mol. The molecule has 0 aromatic heterocycles. The summed E-state index contributed by atoms with van der Waals surface area (Å²) in [5, 5.41) is 11.9. The Labute approximate surface area is 128 Å². The van der Waals surface area contributed by atoms with Gasteiger partial charge in [0.2, 0.25) is 5.91 Å². The second-order valence-electron chi connectivity index (χ2n) is 4.99. The largest absolute Gasteiger partial charge is 0.365 e. The molecule has 9 nitrogen and oxygen atoms in total. The average molecular weight is 323 g/mol. The zero-order valence-corrected chi connectivity index (χ0v) is 13.0. The van der Waals surface area contributed by atoms with E-state index in [1.807, 2.05) is 13.8 Å². The number of nitrogens with one attached hydrogen (secondary N) is 2. The minimum absolute atomic E-state index is 0.240. The number of carbonyl (C=O) groups is 1. The van der Waals surface area contributed by atoms with E-state index in [0.29, 0.717) is 25.2 Å². The van der Waals surface area contributed by atoms with Gasteiger partial charge >= 0.3 is 0 Å². The summed E-state index contributed by atoms with van der Waals surface area (Å²) < 4.78 is 0. The van der Waals surface area contributed by atoms with Crippen molar-refractivity contribution in [2.45, 2.75) is 44.7 Å². The molecule has 10 heteroatoms. The van der Waals surface area contributed by atoms with Gasteiger partial charge in [-0.25, -0.2) is 15.1 Å². The molecular formula is C11H23ClN6O3. The molecule has 0 spiro atoms. The molecule has 0 aliphatic carbocycles. The lowest BCUT2D eigenvalue weighted by atomic mass is 10.1. The quantitative estimate of drug-likeness (QED) is 0.0886. The van der Waals surface area contributed by atoms with E-state index in [2.05, 4.69) is 10.3 Å². The normalized spacial score (nSPS) is 14.6. The van der Waals surface area contributed by atoms with Gasteiger partial charge in [0.1, 0.15) is 5.50 Å². The third-order valence-electron chi connectivity index (χ3n) is 2.48. The molecule has 1 amide bonds. The minimum atomic E-state index is -0.798. The van der Waals surface area contributed by atoms with Gasteiger partial charge in [-0.3, -0.25) is 4.79 Å². The Bertz CT molecular complexity index is 377. The number of hydrogen-bond acceptors (Lipinski definition) is 5. The van der Waals surface area contributed by atoms with Crippen LogP contribution in [-0.4, -0.2) is 35.0 Å². The van der Waals surface area contributed by atoms with Gasteiger partial charge in [-0.15, -0.1) is 0 Å². The first kappa shape index (κ1) is 19.4. The van der Waals surface area contributed by atoms with Gasteiger partial charge in [-0.05, 0) is 25.2 Å². The summed E-state index contributed by atoms with van der Waals surface area (Å²) in [5.41, 5.74) is 12.2. The zero-order valence-electron chi connectivity index (χ0n) is 12.2. The number of aliphatic imine (C=N–C) groups is 1. The van der Waals surface area contributed by atoms with Crippen LogP contribution in [0, 0.1) is 16.0 Å². The smallest absolute Gasteiger partial charge is 0.251 e. The second-order valence-corrected chi connectivity index (χ2v) is 5.52. The summed E-state index contributed by atoms with van der Waals surface area (Å²) in [6.07, 6.45) is 1.52. The summed E-state index contributed by atoms with van der Waals surface area (Å²) in [7, 11) is 0. The van der Waals surface area contributed by atoms with E-state index < -0.39 is 16.6 Å². The molecule has 0 saturated heterocycles. The maximum absolute atomic E-state index is 11.7. The first-order valence-electron chi connectivity index (χ1n) is 6.63. The van der Waals surface area contributed by atoms with Gasteiger partial charge < -0.3 is 16.8 Å². The number of halogens is 1. The van der Waals surface area contributed by atoms with E-state index >= 15 is 0 Å². The van der Waals surface area contributed by atoms with Crippen molar-refractivity contribution in [2.75, 3.05) is 6.54 Å². The first-order valence-corrected chi connectivity index (χ1v) is 7.07. The summed E-state index contributed by atoms with van der Waals surface area (Å²) in [6, 6.07) is -0.696. The zero-order chi connectivity index (χ0) is 16.4. The van der Waals surface area contributed by atoms with E-state index in [1.165, 1.54) is 0 Å². The number of alkyl halides is 1. The monoisotopic (exact) mass is 322 g/mol. The Balaban J connectivity index is 3.95. The predicted molar refractivity (Wildman–Crippen MR) is 81.1 cm³/mol. The van der Waals surface area contributed by atoms with Crippen LogP contribution >= 0.6 is 11.6 Å². The van der Waals surface area contributed by atoms with E-state index in [4.69, 9.17) is 23.1 Å². The third-order valence-corrected chi connectivity index (χ3v) is 2.76. The second kappa shape index (κ2) is 10.2. The van der Waals surface area contributed by atoms with Crippen LogP contribution in [0.2, 0.25) is 0 Å². The lowest BCUT2D eigenvalue weighted by Crippen LogP contribution is -2.44. The molecule has 0 saturated carbocycles. The van der Waals surface area contributed by atoms with Crippen molar-refractivity contribution in [1.82, 2.24) is 10.7 Å². The molecule has 0 aliphatic heterocycles. The molecule has 0 rings (SSSR count). The van der Waals surface area contributed by atoms with Crippen LogP contribution in [0.5, 0.6) is 0 Å². The number of guanidine groups is 1. The molecule has 0 unspecified atom stereocenters. The van der Waals surface area contributed by atoms with E-state index in [9.17, 15) is 14.9 Å². The fourth-order valence-electron chi connectivity index (χ4n) is 1.50. The molecule has 6 N–H and O–H groups in total. The van der Waals surface area contributed by atoms with E-state index in [1.54, 1.807) is 5.43 Å². The van der Waals surface area contributed by atoms with Gasteiger partial charge in [0.05, 0.1) is 6.04 Å². The molecule has 21 heavy (non-hydrogen) atoms. The summed E-state index contributed by atoms with van der Waals surface area (Å²) in [5.74, 6) is -0.234. The van der Waals surface area contributed by atoms with Crippen molar-refractivity contribution < 1.29 is 9.83 Å². The topological polar surface area (TPSA) is 149 Å². The van der Waals surface area contributed by atoms with Gasteiger partial charge in [-0.1, -0.05) is 30.9 Å². The number of hydrazine groups is 1. The van der Waals surface area contributed by atoms with E-state index in [-0.39, 0.29) is 18.4 Å². The van der Waals surface area contributed by atoms with Gasteiger partial charge in [0, 0.05) is 6.54 Å². The number of hydrogen-bond donors (Lipinski definition) is 4. The van der Waals surface area contributed by atoms with Crippen LogP contribution < -0.4 is 22.2 Å². The Morgan fingerprint density at radius 1 is 1.48 bits per heavy atom. The molecule has 0 aromatic carbocycles. The standard InChI is InChI=1S/C11H23ClN6O3/c1-7(2)6-9(12)16-10(19)8(13)4-3-5-15-11(14)17-18(20)21/h7-9H,3-6,13H2,1-2H3,(H,16,19)(H3,14,15,17)/t8-,9-/m0/s1. The summed E-state index contributed by atoms with van der Waals surface area (Å²) in [6.45, 7) is 4.25. The Kier molecular flexibility index (Phi) is 9.39. The van der Waals surface area contributed by atoms with Crippen molar-refractivity contribution in [3.05, 3.63) is 10.1 Å².